The van der Waals surface area contributed by atoms with Crippen LogP contribution in [0.3, 0.4) is 0 Å². The number of aromatic nitrogens is 1. The summed E-state index contributed by atoms with van der Waals surface area (Å²) < 4.78 is 0. The fraction of sp³-hybridized carbons (Fsp3) is 0.364. The van der Waals surface area contributed by atoms with Gasteiger partial charge in [-0.2, -0.15) is 0 Å². The standard InChI is InChI=1S/C11H15N5O2/c12-11(16-18)10-7(2-1-3-13-10)5-14-8-4-9(17)15-6-8/h1-3,8,14,18H,4-6H2,(H2,12,16)(H,15,17). The van der Waals surface area contributed by atoms with Crippen molar-refractivity contribution >= 4 is 11.7 Å². The maximum absolute atomic E-state index is 11.1. The van der Waals surface area contributed by atoms with E-state index in [1.807, 2.05) is 6.07 Å². The summed E-state index contributed by atoms with van der Waals surface area (Å²) in [6.07, 6.45) is 2.05. The molecule has 0 saturated carbocycles. The van der Waals surface area contributed by atoms with Crippen LogP contribution in [-0.4, -0.2) is 34.5 Å². The van der Waals surface area contributed by atoms with Crippen LogP contribution in [0.4, 0.5) is 0 Å². The maximum Gasteiger partial charge on any atom is 0.221 e. The van der Waals surface area contributed by atoms with Gasteiger partial charge < -0.3 is 21.6 Å². The fourth-order valence-electron chi connectivity index (χ4n) is 1.86. The first-order valence-electron chi connectivity index (χ1n) is 5.62. The molecule has 1 fully saturated rings. The lowest BCUT2D eigenvalue weighted by molar-refractivity contribution is -0.119. The molecule has 1 saturated heterocycles. The van der Waals surface area contributed by atoms with E-state index in [1.54, 1.807) is 12.3 Å². The summed E-state index contributed by atoms with van der Waals surface area (Å²) in [6, 6.07) is 3.73. The number of amides is 1. The van der Waals surface area contributed by atoms with Crippen LogP contribution in [0.2, 0.25) is 0 Å². The van der Waals surface area contributed by atoms with Crippen LogP contribution in [0.1, 0.15) is 17.7 Å². The largest absolute Gasteiger partial charge is 0.409 e. The van der Waals surface area contributed by atoms with Crippen molar-refractivity contribution in [2.75, 3.05) is 6.54 Å². The molecule has 0 radical (unpaired) electrons. The first-order chi connectivity index (χ1) is 8.70. The van der Waals surface area contributed by atoms with Gasteiger partial charge in [-0.1, -0.05) is 11.2 Å². The molecular formula is C11H15N5O2. The number of carbonyl (C=O) groups is 1. The van der Waals surface area contributed by atoms with E-state index in [-0.39, 0.29) is 17.8 Å². The Morgan fingerprint density at radius 3 is 3.22 bits per heavy atom. The number of hydrogen-bond donors (Lipinski definition) is 4. The molecule has 5 N–H and O–H groups in total. The molecule has 0 aliphatic carbocycles. The number of nitrogens with zero attached hydrogens (tertiary/aromatic N) is 2. The molecule has 2 rings (SSSR count). The van der Waals surface area contributed by atoms with Crippen LogP contribution in [-0.2, 0) is 11.3 Å². The highest BCUT2D eigenvalue weighted by molar-refractivity contribution is 5.96. The molecule has 1 atom stereocenters. The lowest BCUT2D eigenvalue weighted by atomic mass is 10.1. The number of amidine groups is 1. The van der Waals surface area contributed by atoms with Gasteiger partial charge in [0.2, 0.25) is 5.91 Å². The second-order valence-corrected chi connectivity index (χ2v) is 4.08. The molecule has 0 aromatic carbocycles. The van der Waals surface area contributed by atoms with Crippen molar-refractivity contribution in [3.8, 4) is 0 Å². The second kappa shape index (κ2) is 5.46. The van der Waals surface area contributed by atoms with Crippen molar-refractivity contribution in [1.82, 2.24) is 15.6 Å². The summed E-state index contributed by atoms with van der Waals surface area (Å²) in [6.45, 7) is 1.14. The average molecular weight is 249 g/mol. The molecule has 1 aromatic heterocycles. The van der Waals surface area contributed by atoms with Crippen LogP contribution in [0.5, 0.6) is 0 Å². The normalized spacial score (nSPS) is 19.9. The van der Waals surface area contributed by atoms with Crippen molar-refractivity contribution in [3.05, 3.63) is 29.6 Å². The number of pyridine rings is 1. The van der Waals surface area contributed by atoms with Gasteiger partial charge in [-0.3, -0.25) is 9.78 Å². The summed E-state index contributed by atoms with van der Waals surface area (Å²) in [5.74, 6) is 0.0309. The molecule has 1 amide bonds. The van der Waals surface area contributed by atoms with Crippen molar-refractivity contribution < 1.29 is 10.0 Å². The SMILES string of the molecule is N/C(=N/O)c1ncccc1CNC1CNC(=O)C1. The lowest BCUT2D eigenvalue weighted by Gasteiger charge is -2.12. The van der Waals surface area contributed by atoms with Gasteiger partial charge in [-0.15, -0.1) is 0 Å². The third kappa shape index (κ3) is 2.75. The van der Waals surface area contributed by atoms with Gasteiger partial charge in [-0.05, 0) is 11.6 Å². The molecule has 18 heavy (non-hydrogen) atoms. The van der Waals surface area contributed by atoms with Gasteiger partial charge in [-0.25, -0.2) is 0 Å². The molecule has 1 aromatic rings. The Kier molecular flexibility index (Phi) is 3.73. The molecule has 2 heterocycles. The van der Waals surface area contributed by atoms with Crippen LogP contribution in [0, 0.1) is 0 Å². The van der Waals surface area contributed by atoms with E-state index in [0.29, 0.717) is 25.2 Å². The highest BCUT2D eigenvalue weighted by Crippen LogP contribution is 2.07. The highest BCUT2D eigenvalue weighted by atomic mass is 16.4. The predicted octanol–water partition coefficient (Wildman–Crippen LogP) is -0.846. The number of nitrogens with one attached hydrogen (secondary N) is 2. The Morgan fingerprint density at radius 2 is 2.56 bits per heavy atom. The Morgan fingerprint density at radius 1 is 1.72 bits per heavy atom. The second-order valence-electron chi connectivity index (χ2n) is 4.08. The summed E-state index contributed by atoms with van der Waals surface area (Å²) >= 11 is 0. The third-order valence-electron chi connectivity index (χ3n) is 2.80. The molecule has 0 bridgehead atoms. The zero-order valence-corrected chi connectivity index (χ0v) is 9.76. The fourth-order valence-corrected chi connectivity index (χ4v) is 1.86. The molecule has 1 aliphatic rings. The van der Waals surface area contributed by atoms with Gasteiger partial charge in [0.1, 0.15) is 5.69 Å². The minimum absolute atomic E-state index is 0.0203. The highest BCUT2D eigenvalue weighted by Gasteiger charge is 2.21. The Balaban J connectivity index is 2.03. The number of nitrogens with two attached hydrogens (primary N) is 1. The molecule has 7 nitrogen and oxygen atoms in total. The van der Waals surface area contributed by atoms with Gasteiger partial charge in [0, 0.05) is 31.7 Å². The molecule has 1 unspecified atom stereocenters. The van der Waals surface area contributed by atoms with Crippen molar-refractivity contribution in [3.63, 3.8) is 0 Å². The topological polar surface area (TPSA) is 113 Å². The van der Waals surface area contributed by atoms with Gasteiger partial charge in [0.05, 0.1) is 0 Å². The van der Waals surface area contributed by atoms with Gasteiger partial charge in [0.15, 0.2) is 5.84 Å². The van der Waals surface area contributed by atoms with E-state index >= 15 is 0 Å². The van der Waals surface area contributed by atoms with Crippen LogP contribution in [0.25, 0.3) is 0 Å². The van der Waals surface area contributed by atoms with Crippen LogP contribution in [0.15, 0.2) is 23.5 Å². The number of rotatable bonds is 4. The molecule has 96 valence electrons. The average Bonchev–Trinajstić information content (AvgIpc) is 2.81. The van der Waals surface area contributed by atoms with E-state index in [1.165, 1.54) is 0 Å². The molecular weight excluding hydrogens is 234 g/mol. The minimum Gasteiger partial charge on any atom is -0.409 e. The number of oxime groups is 1. The molecule has 0 spiro atoms. The Bertz CT molecular complexity index is 474. The predicted molar refractivity (Wildman–Crippen MR) is 65.0 cm³/mol. The van der Waals surface area contributed by atoms with Gasteiger partial charge in [0.25, 0.3) is 0 Å². The van der Waals surface area contributed by atoms with Crippen LogP contribution >= 0.6 is 0 Å². The zero-order chi connectivity index (χ0) is 13.0. The number of carbonyl (C=O) groups excluding carboxylic acids is 1. The van der Waals surface area contributed by atoms with Crippen molar-refractivity contribution in [1.29, 1.82) is 0 Å². The smallest absolute Gasteiger partial charge is 0.221 e. The van der Waals surface area contributed by atoms with Crippen molar-refractivity contribution in [2.45, 2.75) is 19.0 Å². The summed E-state index contributed by atoms with van der Waals surface area (Å²) in [7, 11) is 0. The summed E-state index contributed by atoms with van der Waals surface area (Å²) in [4.78, 5) is 15.1. The minimum atomic E-state index is -0.0203. The zero-order valence-electron chi connectivity index (χ0n) is 9.76. The summed E-state index contributed by atoms with van der Waals surface area (Å²) in [5, 5.41) is 17.6. The van der Waals surface area contributed by atoms with E-state index in [4.69, 9.17) is 10.9 Å². The number of hydrogen-bond acceptors (Lipinski definition) is 5. The first kappa shape index (κ1) is 12.3. The Hall–Kier alpha value is -2.15. The van der Waals surface area contributed by atoms with E-state index < -0.39 is 0 Å². The third-order valence-corrected chi connectivity index (χ3v) is 2.80. The van der Waals surface area contributed by atoms with E-state index in [0.717, 1.165) is 5.56 Å². The van der Waals surface area contributed by atoms with Crippen LogP contribution < -0.4 is 16.4 Å². The molecule has 1 aliphatic heterocycles. The Labute approximate surface area is 104 Å². The lowest BCUT2D eigenvalue weighted by Crippen LogP contribution is -2.31. The maximum atomic E-state index is 11.1. The first-order valence-corrected chi connectivity index (χ1v) is 5.62. The van der Waals surface area contributed by atoms with Crippen molar-refractivity contribution in [2.24, 2.45) is 10.9 Å². The van der Waals surface area contributed by atoms with E-state index in [9.17, 15) is 4.79 Å². The molecule has 7 heteroatoms. The van der Waals surface area contributed by atoms with Gasteiger partial charge >= 0.3 is 0 Å². The monoisotopic (exact) mass is 249 g/mol. The van der Waals surface area contributed by atoms with E-state index in [2.05, 4.69) is 20.8 Å². The quantitative estimate of drug-likeness (QED) is 0.240. The summed E-state index contributed by atoms with van der Waals surface area (Å²) in [5.41, 5.74) is 6.82.